The number of rotatable bonds is 9. The molecule has 1 heterocycles. The molecule has 0 unspecified atom stereocenters. The Morgan fingerprint density at radius 1 is 1.00 bits per heavy atom. The first-order chi connectivity index (χ1) is 16.2. The van der Waals surface area contributed by atoms with Crippen LogP contribution in [0.2, 0.25) is 0 Å². The van der Waals surface area contributed by atoms with E-state index in [4.69, 9.17) is 21.1 Å². The van der Waals surface area contributed by atoms with Gasteiger partial charge >= 0.3 is 11.9 Å². The van der Waals surface area contributed by atoms with Gasteiger partial charge in [0.1, 0.15) is 10.7 Å². The number of hydrogen-bond donors (Lipinski definition) is 1. The van der Waals surface area contributed by atoms with Gasteiger partial charge in [-0.3, -0.25) is 9.59 Å². The minimum atomic E-state index is -0.723. The zero-order chi connectivity index (χ0) is 24.8. The third kappa shape index (κ3) is 5.63. The van der Waals surface area contributed by atoms with Crippen molar-refractivity contribution in [1.82, 2.24) is 0 Å². The van der Waals surface area contributed by atoms with Gasteiger partial charge in [-0.15, -0.1) is 0 Å². The van der Waals surface area contributed by atoms with Crippen LogP contribution >= 0.6 is 11.6 Å². The lowest BCUT2D eigenvalue weighted by Crippen LogP contribution is -2.32. The monoisotopic (exact) mass is 484 g/mol. The van der Waals surface area contributed by atoms with Crippen molar-refractivity contribution < 1.29 is 28.7 Å². The maximum Gasteiger partial charge on any atom is 0.338 e. The molecule has 0 bridgehead atoms. The quantitative estimate of drug-likeness (QED) is 0.314. The molecule has 0 aromatic heterocycles. The molecule has 178 valence electrons. The highest BCUT2D eigenvalue weighted by molar-refractivity contribution is 6.53. The smallest absolute Gasteiger partial charge is 0.338 e. The van der Waals surface area contributed by atoms with Crippen molar-refractivity contribution >= 4 is 46.7 Å². The molecule has 2 aromatic carbocycles. The lowest BCUT2D eigenvalue weighted by atomic mass is 10.2. The second kappa shape index (κ2) is 11.0. The molecule has 1 aliphatic heterocycles. The Hall–Kier alpha value is -3.65. The molecule has 34 heavy (non-hydrogen) atoms. The van der Waals surface area contributed by atoms with Gasteiger partial charge < -0.3 is 14.8 Å². The van der Waals surface area contributed by atoms with Crippen LogP contribution in [0.3, 0.4) is 0 Å². The van der Waals surface area contributed by atoms with Gasteiger partial charge in [-0.1, -0.05) is 31.0 Å². The van der Waals surface area contributed by atoms with Gasteiger partial charge in [0, 0.05) is 5.69 Å². The molecule has 0 radical (unpaired) electrons. The Bertz CT molecular complexity index is 1140. The van der Waals surface area contributed by atoms with Crippen molar-refractivity contribution in [1.29, 1.82) is 0 Å². The van der Waals surface area contributed by atoms with Gasteiger partial charge in [0.15, 0.2) is 0 Å². The second-order valence-electron chi connectivity index (χ2n) is 7.83. The number of hydrogen-bond acceptors (Lipinski definition) is 7. The number of carbonyl (C=O) groups is 4. The van der Waals surface area contributed by atoms with Crippen LogP contribution in [0.1, 0.15) is 54.3 Å². The van der Waals surface area contributed by atoms with Crippen LogP contribution in [0, 0.1) is 0 Å². The normalized spacial score (nSPS) is 13.5. The number of anilines is 2. The summed E-state index contributed by atoms with van der Waals surface area (Å²) in [6.45, 7) is 5.79. The number of ether oxygens (including phenoxy) is 2. The van der Waals surface area contributed by atoms with Gasteiger partial charge in [0.25, 0.3) is 11.8 Å². The van der Waals surface area contributed by atoms with Gasteiger partial charge in [-0.2, -0.15) is 0 Å². The molecule has 0 spiro atoms. The molecule has 9 heteroatoms. The summed E-state index contributed by atoms with van der Waals surface area (Å²) in [5, 5.41) is 2.56. The van der Waals surface area contributed by atoms with Crippen molar-refractivity contribution in [2.24, 2.45) is 0 Å². The summed E-state index contributed by atoms with van der Waals surface area (Å²) in [4.78, 5) is 50.9. The van der Waals surface area contributed by atoms with Gasteiger partial charge in [0.05, 0.1) is 29.5 Å². The average Bonchev–Trinajstić information content (AvgIpc) is 3.02. The summed E-state index contributed by atoms with van der Waals surface area (Å²) in [6.07, 6.45) is 1.39. The van der Waals surface area contributed by atoms with Crippen molar-refractivity contribution in [3.8, 4) is 0 Å². The van der Waals surface area contributed by atoms with E-state index < -0.39 is 23.8 Å². The number of esters is 2. The molecule has 1 aliphatic rings. The molecule has 0 saturated carbocycles. The van der Waals surface area contributed by atoms with Crippen LogP contribution in [-0.2, 0) is 19.1 Å². The van der Waals surface area contributed by atoms with E-state index in [1.807, 2.05) is 6.92 Å². The number of nitrogens with zero attached hydrogens (tertiary/aromatic N) is 1. The Labute approximate surface area is 202 Å². The van der Waals surface area contributed by atoms with Crippen molar-refractivity contribution in [3.05, 3.63) is 70.4 Å². The van der Waals surface area contributed by atoms with Crippen LogP contribution in [-0.4, -0.2) is 36.5 Å². The predicted molar refractivity (Wildman–Crippen MR) is 128 cm³/mol. The van der Waals surface area contributed by atoms with Crippen LogP contribution < -0.4 is 10.2 Å². The standard InChI is InChI=1S/C25H25ClN2O6/c1-4-5-13-33-24(31)16-9-11-18(12-10-16)27-21-20(26)22(29)28(23(21)30)19-8-6-7-17(14-19)25(32)34-15(2)3/h6-12,14-15,27H,4-5,13H2,1-3H3. The first kappa shape index (κ1) is 25.0. The van der Waals surface area contributed by atoms with Gasteiger partial charge in [-0.05, 0) is 62.7 Å². The third-order valence-corrected chi connectivity index (χ3v) is 5.18. The third-order valence-electron chi connectivity index (χ3n) is 4.83. The maximum atomic E-state index is 13.0. The Morgan fingerprint density at radius 2 is 1.71 bits per heavy atom. The van der Waals surface area contributed by atoms with Crippen molar-refractivity contribution in [3.63, 3.8) is 0 Å². The number of imide groups is 1. The molecule has 3 rings (SSSR count). The second-order valence-corrected chi connectivity index (χ2v) is 8.21. The van der Waals surface area contributed by atoms with E-state index in [2.05, 4.69) is 5.32 Å². The molecule has 2 amide bonds. The number of benzene rings is 2. The van der Waals surface area contributed by atoms with Crippen LogP contribution in [0.5, 0.6) is 0 Å². The fourth-order valence-corrected chi connectivity index (χ4v) is 3.34. The molecular formula is C25H25ClN2O6. The molecule has 0 atom stereocenters. The highest BCUT2D eigenvalue weighted by atomic mass is 35.5. The highest BCUT2D eigenvalue weighted by Gasteiger charge is 2.39. The molecule has 2 aromatic rings. The van der Waals surface area contributed by atoms with E-state index >= 15 is 0 Å². The number of unbranched alkanes of at least 4 members (excludes halogenated alkanes) is 1. The van der Waals surface area contributed by atoms with Crippen molar-refractivity contribution in [2.45, 2.75) is 39.7 Å². The first-order valence-corrected chi connectivity index (χ1v) is 11.2. The topological polar surface area (TPSA) is 102 Å². The molecule has 8 nitrogen and oxygen atoms in total. The zero-order valence-electron chi connectivity index (χ0n) is 19.1. The van der Waals surface area contributed by atoms with E-state index in [0.717, 1.165) is 17.7 Å². The summed E-state index contributed by atoms with van der Waals surface area (Å²) in [6, 6.07) is 12.3. The average molecular weight is 485 g/mol. The van der Waals surface area contributed by atoms with Crippen molar-refractivity contribution in [2.75, 3.05) is 16.8 Å². The summed E-state index contributed by atoms with van der Waals surface area (Å²) < 4.78 is 10.3. The van der Waals surface area contributed by atoms with E-state index in [1.54, 1.807) is 44.2 Å². The number of halogens is 1. The molecule has 0 saturated heterocycles. The van der Waals surface area contributed by atoms with E-state index in [-0.39, 0.29) is 28.1 Å². The Kier molecular flexibility index (Phi) is 8.07. The summed E-state index contributed by atoms with van der Waals surface area (Å²) in [5.74, 6) is -2.40. The fraction of sp³-hybridized carbons (Fsp3) is 0.280. The molecular weight excluding hydrogens is 460 g/mol. The molecule has 1 N–H and O–H groups in total. The maximum absolute atomic E-state index is 13.0. The summed E-state index contributed by atoms with van der Waals surface area (Å²) in [7, 11) is 0. The minimum Gasteiger partial charge on any atom is -0.462 e. The summed E-state index contributed by atoms with van der Waals surface area (Å²) >= 11 is 6.18. The Morgan fingerprint density at radius 3 is 2.35 bits per heavy atom. The van der Waals surface area contributed by atoms with Gasteiger partial charge in [0.2, 0.25) is 0 Å². The molecule has 0 aliphatic carbocycles. The van der Waals surface area contributed by atoms with E-state index in [0.29, 0.717) is 17.9 Å². The van der Waals surface area contributed by atoms with Crippen LogP contribution in [0.4, 0.5) is 11.4 Å². The lowest BCUT2D eigenvalue weighted by molar-refractivity contribution is -0.120. The minimum absolute atomic E-state index is 0.111. The van der Waals surface area contributed by atoms with E-state index in [1.165, 1.54) is 18.2 Å². The fourth-order valence-electron chi connectivity index (χ4n) is 3.13. The van der Waals surface area contributed by atoms with Crippen LogP contribution in [0.15, 0.2) is 59.3 Å². The number of amides is 2. The van der Waals surface area contributed by atoms with E-state index in [9.17, 15) is 19.2 Å². The summed E-state index contributed by atoms with van der Waals surface area (Å²) in [5.41, 5.74) is 1.09. The Balaban J connectivity index is 1.75. The lowest BCUT2D eigenvalue weighted by Gasteiger charge is -2.16. The molecule has 0 fully saturated rings. The SMILES string of the molecule is CCCCOC(=O)c1ccc(NC2=C(Cl)C(=O)N(c3cccc(C(=O)OC(C)C)c3)C2=O)cc1. The largest absolute Gasteiger partial charge is 0.462 e. The zero-order valence-corrected chi connectivity index (χ0v) is 19.8. The number of carbonyl (C=O) groups excluding carboxylic acids is 4. The highest BCUT2D eigenvalue weighted by Crippen LogP contribution is 2.30. The van der Waals surface area contributed by atoms with Gasteiger partial charge in [-0.25, -0.2) is 14.5 Å². The predicted octanol–water partition coefficient (Wildman–Crippen LogP) is 4.64. The first-order valence-electron chi connectivity index (χ1n) is 10.9. The number of nitrogens with one attached hydrogen (secondary N) is 1. The van der Waals surface area contributed by atoms with Crippen LogP contribution in [0.25, 0.3) is 0 Å².